The minimum Gasteiger partial charge on any atom is -0.393 e. The van der Waals surface area contributed by atoms with Crippen LogP contribution >= 0.6 is 11.6 Å². The van der Waals surface area contributed by atoms with Crippen LogP contribution in [0.5, 0.6) is 0 Å². The van der Waals surface area contributed by atoms with Gasteiger partial charge in [-0.3, -0.25) is 0 Å². The van der Waals surface area contributed by atoms with E-state index in [9.17, 15) is 9.32 Å². The van der Waals surface area contributed by atoms with Gasteiger partial charge >= 0.3 is 0 Å². The van der Waals surface area contributed by atoms with E-state index >= 15 is 0 Å². The number of halogens is 1. The van der Waals surface area contributed by atoms with Crippen LogP contribution in [0.2, 0.25) is 5.02 Å². The van der Waals surface area contributed by atoms with Crippen LogP contribution in [0.4, 0.5) is 0 Å². The topological polar surface area (TPSA) is 49.3 Å². The molecule has 0 unspecified atom stereocenters. The fraction of sp³-hybridized carbons (Fsp3) is 0.684. The molecule has 0 aliphatic heterocycles. The van der Waals surface area contributed by atoms with Crippen LogP contribution in [0.25, 0.3) is 0 Å². The molecular formula is C19H30ClNO2S. The van der Waals surface area contributed by atoms with Gasteiger partial charge in [0.05, 0.1) is 21.8 Å². The summed E-state index contributed by atoms with van der Waals surface area (Å²) < 4.78 is 15.8. The third-order valence-corrected chi connectivity index (χ3v) is 6.66. The number of hydrogen-bond donors (Lipinski definition) is 2. The monoisotopic (exact) mass is 371 g/mol. The first-order chi connectivity index (χ1) is 11.0. The van der Waals surface area contributed by atoms with Crippen molar-refractivity contribution in [3.8, 4) is 0 Å². The van der Waals surface area contributed by atoms with E-state index in [1.54, 1.807) is 0 Å². The summed E-state index contributed by atoms with van der Waals surface area (Å²) in [5, 5.41) is 10.8. The van der Waals surface area contributed by atoms with Gasteiger partial charge in [0.2, 0.25) is 0 Å². The smallest absolute Gasteiger partial charge is 0.0973 e. The van der Waals surface area contributed by atoms with E-state index in [0.717, 1.165) is 6.42 Å². The van der Waals surface area contributed by atoms with E-state index in [2.05, 4.69) is 18.6 Å². The molecule has 5 heteroatoms. The van der Waals surface area contributed by atoms with Crippen LogP contribution in [-0.2, 0) is 16.4 Å². The van der Waals surface area contributed by atoms with Crippen molar-refractivity contribution in [3.05, 3.63) is 34.9 Å². The molecule has 136 valence electrons. The van der Waals surface area contributed by atoms with Crippen molar-refractivity contribution in [2.24, 2.45) is 5.92 Å². The van der Waals surface area contributed by atoms with Crippen molar-refractivity contribution in [1.82, 2.24) is 4.72 Å². The second-order valence-corrected chi connectivity index (χ2v) is 10.8. The van der Waals surface area contributed by atoms with Gasteiger partial charge in [-0.05, 0) is 63.6 Å². The molecule has 1 fully saturated rings. The van der Waals surface area contributed by atoms with Gasteiger partial charge in [0.25, 0.3) is 0 Å². The fourth-order valence-electron chi connectivity index (χ4n) is 3.45. The second kappa shape index (κ2) is 7.45. The van der Waals surface area contributed by atoms with Gasteiger partial charge in [0.15, 0.2) is 0 Å². The molecule has 0 aromatic heterocycles. The lowest BCUT2D eigenvalue weighted by molar-refractivity contribution is -0.00251. The molecule has 2 rings (SSSR count). The number of nitrogens with one attached hydrogen (secondary N) is 1. The van der Waals surface area contributed by atoms with Crippen molar-refractivity contribution in [2.75, 3.05) is 0 Å². The molecule has 3 nitrogen and oxygen atoms in total. The van der Waals surface area contributed by atoms with E-state index < -0.39 is 11.0 Å². The molecule has 1 aliphatic carbocycles. The quantitative estimate of drug-likeness (QED) is 0.787. The highest BCUT2D eigenvalue weighted by atomic mass is 35.5. The van der Waals surface area contributed by atoms with Crippen molar-refractivity contribution in [2.45, 2.75) is 76.2 Å². The molecule has 0 amide bonds. The van der Waals surface area contributed by atoms with Gasteiger partial charge < -0.3 is 5.11 Å². The Kier molecular flexibility index (Phi) is 6.17. The Bertz CT molecular complexity index is 574. The first-order valence-corrected chi connectivity index (χ1v) is 10.2. The molecule has 24 heavy (non-hydrogen) atoms. The van der Waals surface area contributed by atoms with Crippen LogP contribution in [0.3, 0.4) is 0 Å². The van der Waals surface area contributed by atoms with E-state index in [-0.39, 0.29) is 22.3 Å². The number of aliphatic hydroxyl groups excluding tert-OH is 1. The van der Waals surface area contributed by atoms with Gasteiger partial charge in [0, 0.05) is 16.5 Å². The number of hydrogen-bond acceptors (Lipinski definition) is 2. The molecule has 0 bridgehead atoms. The molecule has 1 aromatic carbocycles. The van der Waals surface area contributed by atoms with Crippen molar-refractivity contribution >= 4 is 22.6 Å². The average Bonchev–Trinajstić information content (AvgIpc) is 2.42. The highest BCUT2D eigenvalue weighted by molar-refractivity contribution is 7.84. The third-order valence-electron chi connectivity index (χ3n) is 4.80. The third kappa shape index (κ3) is 4.40. The summed E-state index contributed by atoms with van der Waals surface area (Å²) >= 11 is 6.05. The molecule has 0 saturated heterocycles. The van der Waals surface area contributed by atoms with Crippen LogP contribution in [0.15, 0.2) is 24.3 Å². The second-order valence-electron chi connectivity index (χ2n) is 8.41. The molecule has 1 aromatic rings. The number of aliphatic hydroxyl groups is 1. The molecule has 1 aliphatic rings. The predicted molar refractivity (Wildman–Crippen MR) is 103 cm³/mol. The average molecular weight is 372 g/mol. The maximum atomic E-state index is 12.7. The first kappa shape index (κ1) is 19.9. The minimum absolute atomic E-state index is 0.0575. The minimum atomic E-state index is -1.15. The van der Waals surface area contributed by atoms with Crippen molar-refractivity contribution in [3.63, 3.8) is 0 Å². The van der Waals surface area contributed by atoms with Gasteiger partial charge in [-0.15, -0.1) is 0 Å². The van der Waals surface area contributed by atoms with E-state index in [1.807, 2.05) is 45.0 Å². The summed E-state index contributed by atoms with van der Waals surface area (Å²) in [7, 11) is -1.15. The largest absolute Gasteiger partial charge is 0.393 e. The standard InChI is InChI=1S/C19H30ClNO2S/c1-13(2)10-17(21-24(23)18(3,4)5)19(11-16(22)12-19)14-6-8-15(20)9-7-14/h6-9,13,16-17,21-22H,10-12H2,1-5H3/t16?,17-,19?,24-/m0/s1. The zero-order valence-corrected chi connectivity index (χ0v) is 16.9. The Morgan fingerprint density at radius 2 is 1.83 bits per heavy atom. The van der Waals surface area contributed by atoms with Crippen LogP contribution < -0.4 is 4.72 Å². The Balaban J connectivity index is 2.35. The summed E-state index contributed by atoms with van der Waals surface area (Å²) in [6, 6.07) is 7.95. The molecular weight excluding hydrogens is 342 g/mol. The summed E-state index contributed by atoms with van der Waals surface area (Å²) in [6.45, 7) is 10.3. The fourth-order valence-corrected chi connectivity index (χ4v) is 4.51. The highest BCUT2D eigenvalue weighted by Gasteiger charge is 2.51. The van der Waals surface area contributed by atoms with Gasteiger partial charge in [0.1, 0.15) is 0 Å². The lowest BCUT2D eigenvalue weighted by atomic mass is 9.57. The Labute approximate surface area is 153 Å². The number of rotatable bonds is 6. The van der Waals surface area contributed by atoms with Gasteiger partial charge in [-0.1, -0.05) is 37.6 Å². The van der Waals surface area contributed by atoms with Crippen molar-refractivity contribution in [1.29, 1.82) is 0 Å². The summed E-state index contributed by atoms with van der Waals surface area (Å²) in [6.07, 6.45) is 2.01. The SMILES string of the molecule is CC(C)C[C@H](N[S@@](=O)C(C)(C)C)C1(c2ccc(Cl)cc2)CC(O)C1. The van der Waals surface area contributed by atoms with E-state index in [1.165, 1.54) is 5.56 Å². The maximum Gasteiger partial charge on any atom is 0.0973 e. The summed E-state index contributed by atoms with van der Waals surface area (Å²) in [5.41, 5.74) is 0.983. The lowest BCUT2D eigenvalue weighted by Gasteiger charge is -2.52. The summed E-state index contributed by atoms with van der Waals surface area (Å²) in [4.78, 5) is 0. The molecule has 1 saturated carbocycles. The van der Waals surface area contributed by atoms with Gasteiger partial charge in [-0.25, -0.2) is 8.93 Å². The molecule has 0 heterocycles. The zero-order valence-electron chi connectivity index (χ0n) is 15.3. The first-order valence-electron chi connectivity index (χ1n) is 8.67. The van der Waals surface area contributed by atoms with Crippen LogP contribution in [0.1, 0.15) is 59.4 Å². The Morgan fingerprint density at radius 1 is 1.29 bits per heavy atom. The Hall–Kier alpha value is -0.420. The Morgan fingerprint density at radius 3 is 2.25 bits per heavy atom. The zero-order chi connectivity index (χ0) is 18.1. The molecule has 0 radical (unpaired) electrons. The van der Waals surface area contributed by atoms with Crippen LogP contribution in [-0.4, -0.2) is 26.2 Å². The summed E-state index contributed by atoms with van der Waals surface area (Å²) in [5.74, 6) is 0.474. The molecule has 2 atom stereocenters. The van der Waals surface area contributed by atoms with Crippen molar-refractivity contribution < 1.29 is 9.32 Å². The normalized spacial score (nSPS) is 26.9. The van der Waals surface area contributed by atoms with Crippen LogP contribution in [0, 0.1) is 5.92 Å². The number of benzene rings is 1. The van der Waals surface area contributed by atoms with Gasteiger partial charge in [-0.2, -0.15) is 0 Å². The lowest BCUT2D eigenvalue weighted by Crippen LogP contribution is -2.59. The predicted octanol–water partition coefficient (Wildman–Crippen LogP) is 4.20. The van der Waals surface area contributed by atoms with E-state index in [0.29, 0.717) is 23.8 Å². The molecule has 0 spiro atoms. The highest BCUT2D eigenvalue weighted by Crippen LogP contribution is 2.48. The maximum absolute atomic E-state index is 12.7. The molecule has 2 N–H and O–H groups in total. The van der Waals surface area contributed by atoms with E-state index in [4.69, 9.17) is 11.6 Å².